The van der Waals surface area contributed by atoms with Crippen LogP contribution in [-0.4, -0.2) is 19.9 Å². The smallest absolute Gasteiger partial charge is 0.0979 e. The first-order valence-corrected chi connectivity index (χ1v) is 23.4. The maximum Gasteiger partial charge on any atom is 0.0979 e. The molecule has 0 unspecified atom stereocenters. The number of aromatic nitrogens is 4. The Kier molecular flexibility index (Phi) is 31.5. The zero-order chi connectivity index (χ0) is 46.2. The van der Waals surface area contributed by atoms with Gasteiger partial charge >= 0.3 is 0 Å². The van der Waals surface area contributed by atoms with Gasteiger partial charge in [0.25, 0.3) is 0 Å². The number of hydrogen-bond acceptors (Lipinski definition) is 4. The third-order valence-corrected chi connectivity index (χ3v) is 7.97. The Bertz CT molecular complexity index is 2020. The third-order valence-electron chi connectivity index (χ3n) is 7.97. The van der Waals surface area contributed by atoms with E-state index in [9.17, 15) is 0 Å². The minimum atomic E-state index is 0.955. The monoisotopic (exact) mass is 809 g/mol. The molecule has 0 fully saturated rings. The van der Waals surface area contributed by atoms with Crippen molar-refractivity contribution in [1.82, 2.24) is 19.9 Å². The molecule has 0 radical (unpaired) electrons. The maximum atomic E-state index is 4.83. The molecule has 0 amide bonds. The summed E-state index contributed by atoms with van der Waals surface area (Å²) in [4.78, 5) is 19.3. The molecule has 0 atom stereocenters. The molecule has 6 aromatic carbocycles. The van der Waals surface area contributed by atoms with E-state index in [2.05, 4.69) is 72.8 Å². The standard InChI is InChI=1S/2C18H10N2.10C2H6/c2*1-2-10-15-14(9-1)19-17-12-7-3-5-11-6-4-8-13(16(11)12)18(17)20-15;10*1-2/h2*1-10H;10*1-2H3. The van der Waals surface area contributed by atoms with Gasteiger partial charge in [-0.15, -0.1) is 0 Å². The summed E-state index contributed by atoms with van der Waals surface area (Å²) in [6.07, 6.45) is 0. The molecule has 60 heavy (non-hydrogen) atoms. The average molecular weight is 809 g/mol. The summed E-state index contributed by atoms with van der Waals surface area (Å²) in [5.74, 6) is 0. The summed E-state index contributed by atoms with van der Waals surface area (Å²) < 4.78 is 0. The van der Waals surface area contributed by atoms with Crippen molar-refractivity contribution in [2.45, 2.75) is 138 Å². The van der Waals surface area contributed by atoms with Crippen molar-refractivity contribution >= 4 is 43.6 Å². The van der Waals surface area contributed by atoms with Gasteiger partial charge in [-0.1, -0.05) is 236 Å². The summed E-state index contributed by atoms with van der Waals surface area (Å²) in [5.41, 5.74) is 12.7. The van der Waals surface area contributed by atoms with Crippen molar-refractivity contribution < 1.29 is 0 Å². The molecule has 2 aliphatic carbocycles. The van der Waals surface area contributed by atoms with Crippen LogP contribution >= 0.6 is 0 Å². The average Bonchev–Trinajstić information content (AvgIpc) is 3.87. The normalized spacial score (nSPS) is 9.00. The molecule has 10 rings (SSSR count). The second kappa shape index (κ2) is 33.4. The lowest BCUT2D eigenvalue weighted by molar-refractivity contribution is 1.32. The lowest BCUT2D eigenvalue weighted by atomic mass is 10.0. The van der Waals surface area contributed by atoms with Crippen LogP contribution < -0.4 is 0 Å². The highest BCUT2D eigenvalue weighted by Gasteiger charge is 2.25. The van der Waals surface area contributed by atoms with Crippen LogP contribution in [0.1, 0.15) is 138 Å². The van der Waals surface area contributed by atoms with E-state index in [0.717, 1.165) is 44.8 Å². The molecular weight excluding hydrogens is 729 g/mol. The van der Waals surface area contributed by atoms with Crippen LogP contribution in [0.25, 0.3) is 88.6 Å². The van der Waals surface area contributed by atoms with Gasteiger partial charge in [-0.25, -0.2) is 19.9 Å². The van der Waals surface area contributed by atoms with Crippen LogP contribution in [0.4, 0.5) is 0 Å². The molecule has 0 aliphatic heterocycles. The van der Waals surface area contributed by atoms with E-state index in [1.165, 1.54) is 43.8 Å². The van der Waals surface area contributed by atoms with Gasteiger partial charge in [0.2, 0.25) is 0 Å². The number of para-hydroxylation sites is 4. The van der Waals surface area contributed by atoms with E-state index in [4.69, 9.17) is 19.9 Å². The van der Waals surface area contributed by atoms with Crippen molar-refractivity contribution in [2.24, 2.45) is 0 Å². The first-order valence-electron chi connectivity index (χ1n) is 23.4. The summed E-state index contributed by atoms with van der Waals surface area (Å²) in [6.45, 7) is 40.0. The number of fused-ring (bicyclic) bond motifs is 8. The van der Waals surface area contributed by atoms with E-state index in [0.29, 0.717) is 0 Å². The van der Waals surface area contributed by atoms with Crippen LogP contribution in [0.15, 0.2) is 121 Å². The van der Waals surface area contributed by atoms with Crippen LogP contribution in [-0.2, 0) is 0 Å². The molecule has 8 aromatic rings. The van der Waals surface area contributed by atoms with E-state index in [-0.39, 0.29) is 0 Å². The molecule has 4 nitrogen and oxygen atoms in total. The summed E-state index contributed by atoms with van der Waals surface area (Å²) in [7, 11) is 0. The van der Waals surface area contributed by atoms with Gasteiger partial charge in [-0.3, -0.25) is 0 Å². The topological polar surface area (TPSA) is 51.6 Å². The highest BCUT2D eigenvalue weighted by Crippen LogP contribution is 2.46. The molecule has 0 N–H and O–H groups in total. The highest BCUT2D eigenvalue weighted by atomic mass is 14.8. The number of benzene rings is 6. The molecule has 4 heteroatoms. The van der Waals surface area contributed by atoms with E-state index >= 15 is 0 Å². The minimum absolute atomic E-state index is 0.955. The molecule has 0 saturated carbocycles. The van der Waals surface area contributed by atoms with Crippen LogP contribution in [0, 0.1) is 0 Å². The molecular formula is C56H80N4. The van der Waals surface area contributed by atoms with Crippen molar-refractivity contribution in [3.8, 4) is 45.0 Å². The summed E-state index contributed by atoms with van der Waals surface area (Å²) in [5, 5.41) is 5.06. The van der Waals surface area contributed by atoms with Gasteiger partial charge in [0.1, 0.15) is 0 Å². The Morgan fingerprint density at radius 1 is 0.217 bits per heavy atom. The molecule has 0 saturated heterocycles. The number of hydrogen-bond donors (Lipinski definition) is 0. The fourth-order valence-electron chi connectivity index (χ4n) is 6.22. The molecule has 2 heterocycles. The summed E-state index contributed by atoms with van der Waals surface area (Å²) >= 11 is 0. The Hall–Kier alpha value is -5.48. The van der Waals surface area contributed by atoms with Gasteiger partial charge in [-0.05, 0) is 35.0 Å². The van der Waals surface area contributed by atoms with Gasteiger partial charge in [0.05, 0.1) is 44.8 Å². The minimum Gasteiger partial charge on any atom is -0.244 e. The SMILES string of the molecule is CC.CC.CC.CC.CC.CC.CC.CC.CC.CC.c1cc2c3c(cccc3c1)-c1nc3ccccc3nc1-2.c1cc2c3c(cccc3c1)-c1nc3ccccc3nc1-2. The summed E-state index contributed by atoms with van der Waals surface area (Å²) in [6, 6.07) is 41.6. The zero-order valence-electron chi connectivity index (χ0n) is 41.3. The van der Waals surface area contributed by atoms with Crippen molar-refractivity contribution in [2.75, 3.05) is 0 Å². The maximum absolute atomic E-state index is 4.83. The van der Waals surface area contributed by atoms with Crippen LogP contribution in [0.3, 0.4) is 0 Å². The number of rotatable bonds is 0. The predicted molar refractivity (Wildman–Crippen MR) is 276 cm³/mol. The first kappa shape index (κ1) is 56.6. The third kappa shape index (κ3) is 12.8. The molecule has 0 bridgehead atoms. The molecule has 324 valence electrons. The van der Waals surface area contributed by atoms with Gasteiger partial charge < -0.3 is 0 Å². The highest BCUT2D eigenvalue weighted by molar-refractivity contribution is 6.15. The van der Waals surface area contributed by atoms with E-state index in [1.807, 2.05) is 187 Å². The predicted octanol–water partition coefficient (Wildman–Crippen LogP) is 19.1. The molecule has 0 spiro atoms. The van der Waals surface area contributed by atoms with Crippen LogP contribution in [0.2, 0.25) is 0 Å². The van der Waals surface area contributed by atoms with Crippen molar-refractivity contribution in [3.63, 3.8) is 0 Å². The quantitative estimate of drug-likeness (QED) is 0.153. The fraction of sp³-hybridized carbons (Fsp3) is 0.357. The van der Waals surface area contributed by atoms with Crippen LogP contribution in [0.5, 0.6) is 0 Å². The fourth-order valence-corrected chi connectivity index (χ4v) is 6.22. The molecule has 2 aromatic heterocycles. The van der Waals surface area contributed by atoms with E-state index in [1.54, 1.807) is 0 Å². The second-order valence-electron chi connectivity index (χ2n) is 10.2. The Morgan fingerprint density at radius 2 is 0.400 bits per heavy atom. The number of nitrogens with zero attached hydrogens (tertiary/aromatic N) is 4. The van der Waals surface area contributed by atoms with Crippen molar-refractivity contribution in [1.29, 1.82) is 0 Å². The second-order valence-corrected chi connectivity index (χ2v) is 10.2. The van der Waals surface area contributed by atoms with Crippen molar-refractivity contribution in [3.05, 3.63) is 121 Å². The Balaban J connectivity index is 0. The van der Waals surface area contributed by atoms with Gasteiger partial charge in [-0.2, -0.15) is 0 Å². The largest absolute Gasteiger partial charge is 0.244 e. The zero-order valence-corrected chi connectivity index (χ0v) is 41.3. The Morgan fingerprint density at radius 3 is 0.583 bits per heavy atom. The van der Waals surface area contributed by atoms with Gasteiger partial charge in [0, 0.05) is 33.0 Å². The van der Waals surface area contributed by atoms with E-state index < -0.39 is 0 Å². The Labute approximate surface area is 367 Å². The van der Waals surface area contributed by atoms with Gasteiger partial charge in [0.15, 0.2) is 0 Å². The lowest BCUT2D eigenvalue weighted by Gasteiger charge is -2.02. The first-order chi connectivity index (χ1) is 29.8. The molecule has 2 aliphatic rings. The lowest BCUT2D eigenvalue weighted by Crippen LogP contribution is -1.89.